The van der Waals surface area contributed by atoms with E-state index in [-0.39, 0.29) is 24.3 Å². The summed E-state index contributed by atoms with van der Waals surface area (Å²) in [6.45, 7) is 6.84. The Morgan fingerprint density at radius 1 is 0.732 bits per heavy atom. The molecule has 0 aromatic heterocycles. The van der Waals surface area contributed by atoms with Crippen LogP contribution in [0, 0.1) is 0 Å². The molecule has 3 aliphatic heterocycles. The zero-order valence-corrected chi connectivity index (χ0v) is 25.3. The second kappa shape index (κ2) is 15.3. The van der Waals surface area contributed by atoms with Crippen LogP contribution in [0.3, 0.4) is 0 Å². The molecule has 5 rings (SSSR count). The van der Waals surface area contributed by atoms with Gasteiger partial charge in [-0.3, -0.25) is 0 Å². The zero-order chi connectivity index (χ0) is 28.3. The predicted molar refractivity (Wildman–Crippen MR) is 165 cm³/mol. The van der Waals surface area contributed by atoms with Crippen molar-refractivity contribution in [3.8, 4) is 5.75 Å². The van der Waals surface area contributed by atoms with Gasteiger partial charge in [-0.1, -0.05) is 42.8 Å². The van der Waals surface area contributed by atoms with Gasteiger partial charge in [-0.2, -0.15) is 0 Å². The molecule has 41 heavy (non-hydrogen) atoms. The van der Waals surface area contributed by atoms with E-state index >= 15 is 0 Å². The highest BCUT2D eigenvalue weighted by molar-refractivity contribution is 5.70. The minimum Gasteiger partial charge on any atom is -0.465 e. The lowest BCUT2D eigenvalue weighted by Crippen LogP contribution is -2.34. The van der Waals surface area contributed by atoms with Crippen LogP contribution in [-0.2, 0) is 25.4 Å². The molecular formula is C36H50O5. The Bertz CT molecular complexity index is 1070. The molecule has 3 fully saturated rings. The Morgan fingerprint density at radius 2 is 1.41 bits per heavy atom. The Balaban J connectivity index is 1.14. The fraction of sp³-hybridized carbons (Fsp3) is 0.611. The molecule has 2 aromatic carbocycles. The Kier molecular flexibility index (Phi) is 11.3. The van der Waals surface area contributed by atoms with Crippen LogP contribution in [0.25, 0.3) is 12.2 Å². The quantitative estimate of drug-likeness (QED) is 0.191. The maximum atomic E-state index is 6.28. The second-order valence-corrected chi connectivity index (χ2v) is 12.6. The van der Waals surface area contributed by atoms with Crippen LogP contribution >= 0.6 is 0 Å². The predicted octanol–water partition coefficient (Wildman–Crippen LogP) is 9.04. The summed E-state index contributed by atoms with van der Waals surface area (Å²) in [4.78, 5) is 0. The molecule has 2 aromatic rings. The van der Waals surface area contributed by atoms with Gasteiger partial charge in [0.2, 0.25) is 0 Å². The second-order valence-electron chi connectivity index (χ2n) is 12.6. The minimum atomic E-state index is -0.153. The molecule has 0 amide bonds. The van der Waals surface area contributed by atoms with Gasteiger partial charge in [0.15, 0.2) is 12.6 Å². The molecular weight excluding hydrogens is 512 g/mol. The van der Waals surface area contributed by atoms with Crippen LogP contribution < -0.4 is 4.74 Å². The molecule has 224 valence electrons. The van der Waals surface area contributed by atoms with Crippen molar-refractivity contribution in [3.05, 3.63) is 64.7 Å². The molecule has 0 saturated carbocycles. The van der Waals surface area contributed by atoms with Crippen LogP contribution in [0.15, 0.2) is 42.5 Å². The average Bonchev–Trinajstić information content (AvgIpc) is 3.00. The molecule has 5 heteroatoms. The summed E-state index contributed by atoms with van der Waals surface area (Å²) in [5.74, 6) is 0.874. The molecule has 3 aliphatic rings. The molecule has 3 saturated heterocycles. The van der Waals surface area contributed by atoms with E-state index in [1.807, 2.05) is 0 Å². The fourth-order valence-corrected chi connectivity index (χ4v) is 6.04. The van der Waals surface area contributed by atoms with E-state index < -0.39 is 0 Å². The number of benzene rings is 2. The highest BCUT2D eigenvalue weighted by atomic mass is 16.7. The van der Waals surface area contributed by atoms with Crippen molar-refractivity contribution in [2.75, 3.05) is 19.8 Å². The van der Waals surface area contributed by atoms with Gasteiger partial charge >= 0.3 is 0 Å². The van der Waals surface area contributed by atoms with Crippen LogP contribution in [0.2, 0.25) is 0 Å². The minimum absolute atomic E-state index is 0.0209. The highest BCUT2D eigenvalue weighted by Crippen LogP contribution is 2.33. The third-order valence-corrected chi connectivity index (χ3v) is 8.44. The first-order valence-corrected chi connectivity index (χ1v) is 16.1. The van der Waals surface area contributed by atoms with Gasteiger partial charge in [-0.05, 0) is 125 Å². The van der Waals surface area contributed by atoms with Gasteiger partial charge < -0.3 is 23.7 Å². The number of unbranched alkanes of at least 4 members (excludes halogenated alkanes) is 1. The van der Waals surface area contributed by atoms with Gasteiger partial charge in [0.05, 0.1) is 18.3 Å². The molecule has 3 unspecified atom stereocenters. The molecule has 0 spiro atoms. The summed E-state index contributed by atoms with van der Waals surface area (Å²) in [5, 5.41) is 0. The molecule has 0 bridgehead atoms. The number of hydrogen-bond donors (Lipinski definition) is 0. The van der Waals surface area contributed by atoms with Crippen molar-refractivity contribution in [2.45, 2.75) is 122 Å². The summed E-state index contributed by atoms with van der Waals surface area (Å²) in [6.07, 6.45) is 18.8. The lowest BCUT2D eigenvalue weighted by Gasteiger charge is -2.32. The smallest absolute Gasteiger partial charge is 0.199 e. The Labute approximate surface area is 247 Å². The lowest BCUT2D eigenvalue weighted by molar-refractivity contribution is -0.217. The van der Waals surface area contributed by atoms with Crippen molar-refractivity contribution in [1.29, 1.82) is 0 Å². The normalized spacial score (nSPS) is 24.0. The molecule has 0 aliphatic carbocycles. The maximum absolute atomic E-state index is 6.28. The summed E-state index contributed by atoms with van der Waals surface area (Å²) in [6, 6.07) is 15.5. The molecule has 0 N–H and O–H groups in total. The van der Waals surface area contributed by atoms with E-state index in [0.717, 1.165) is 102 Å². The number of aryl methyl sites for hydroxylation is 1. The van der Waals surface area contributed by atoms with Gasteiger partial charge in [-0.25, -0.2) is 0 Å². The van der Waals surface area contributed by atoms with Crippen LogP contribution in [0.5, 0.6) is 5.75 Å². The maximum Gasteiger partial charge on any atom is 0.199 e. The van der Waals surface area contributed by atoms with Gasteiger partial charge in [0.1, 0.15) is 5.75 Å². The number of hydrogen-bond acceptors (Lipinski definition) is 5. The topological polar surface area (TPSA) is 46.2 Å². The van der Waals surface area contributed by atoms with E-state index in [0.29, 0.717) is 0 Å². The van der Waals surface area contributed by atoms with Crippen molar-refractivity contribution in [1.82, 2.24) is 0 Å². The van der Waals surface area contributed by atoms with Crippen molar-refractivity contribution in [2.24, 2.45) is 0 Å². The fourth-order valence-electron chi connectivity index (χ4n) is 6.04. The number of rotatable bonds is 12. The van der Waals surface area contributed by atoms with Crippen LogP contribution in [0.1, 0.15) is 119 Å². The zero-order valence-electron chi connectivity index (χ0n) is 25.3. The van der Waals surface area contributed by atoms with E-state index in [9.17, 15) is 0 Å². The third kappa shape index (κ3) is 9.95. The summed E-state index contributed by atoms with van der Waals surface area (Å²) in [5.41, 5.74) is 4.79. The van der Waals surface area contributed by atoms with Crippen LogP contribution in [0.4, 0.5) is 0 Å². The average molecular weight is 563 g/mol. The van der Waals surface area contributed by atoms with Crippen molar-refractivity contribution < 1.29 is 23.7 Å². The van der Waals surface area contributed by atoms with E-state index in [1.54, 1.807) is 0 Å². The SMILES string of the molecule is CC(C)(CCCCc1ccc(C=Cc2cc(OC3CCCCO3)cc(C3CCCCO3)c2)cc1)OC1CCCCO1. The monoisotopic (exact) mass is 562 g/mol. The van der Waals surface area contributed by atoms with E-state index in [2.05, 4.69) is 68.5 Å². The first-order valence-electron chi connectivity index (χ1n) is 16.1. The molecule has 5 nitrogen and oxygen atoms in total. The van der Waals surface area contributed by atoms with Gasteiger partial charge in [0, 0.05) is 19.6 Å². The summed E-state index contributed by atoms with van der Waals surface area (Å²) >= 11 is 0. The molecule has 3 heterocycles. The van der Waals surface area contributed by atoms with Gasteiger partial charge in [-0.15, -0.1) is 0 Å². The van der Waals surface area contributed by atoms with Crippen LogP contribution in [-0.4, -0.2) is 38.0 Å². The summed E-state index contributed by atoms with van der Waals surface area (Å²) < 4.78 is 30.3. The molecule has 0 radical (unpaired) electrons. The Morgan fingerprint density at radius 3 is 2.10 bits per heavy atom. The lowest BCUT2D eigenvalue weighted by atomic mass is 9.97. The third-order valence-electron chi connectivity index (χ3n) is 8.44. The Hall–Kier alpha value is -2.18. The van der Waals surface area contributed by atoms with E-state index in [1.165, 1.54) is 29.5 Å². The van der Waals surface area contributed by atoms with Gasteiger partial charge in [0.25, 0.3) is 0 Å². The first-order chi connectivity index (χ1) is 20.0. The standard InChI is InChI=1S/C36H50O5/c1-36(2,41-35-14-6-10-24-39-35)21-7-3-11-28-15-17-29(18-16-28)19-20-30-25-31(33-12-4-8-22-37-33)27-32(26-30)40-34-13-5-9-23-38-34/h15-20,25-27,33-35H,3-14,21-24H2,1-2H3. The summed E-state index contributed by atoms with van der Waals surface area (Å²) in [7, 11) is 0. The van der Waals surface area contributed by atoms with E-state index in [4.69, 9.17) is 23.7 Å². The first kappa shape index (κ1) is 30.3. The van der Waals surface area contributed by atoms with Crippen molar-refractivity contribution >= 4 is 12.2 Å². The number of ether oxygens (including phenoxy) is 5. The highest BCUT2D eigenvalue weighted by Gasteiger charge is 2.25. The van der Waals surface area contributed by atoms with Crippen molar-refractivity contribution in [3.63, 3.8) is 0 Å². The largest absolute Gasteiger partial charge is 0.465 e. The molecule has 3 atom stereocenters.